The van der Waals surface area contributed by atoms with Crippen LogP contribution in [0.3, 0.4) is 0 Å². The fraction of sp³-hybridized carbons (Fsp3) is 0.424. The van der Waals surface area contributed by atoms with Gasteiger partial charge in [-0.15, -0.1) is 0 Å². The van der Waals surface area contributed by atoms with Gasteiger partial charge in [-0.05, 0) is 65.6 Å². The molecule has 0 fully saturated rings. The predicted molar refractivity (Wildman–Crippen MR) is 162 cm³/mol. The first-order chi connectivity index (χ1) is 20.3. The maximum Gasteiger partial charge on any atom is 0.227 e. The molecular formula is C33H41N4O5+. The number of aliphatic hydroxyl groups is 2. The molecular weight excluding hydrogens is 532 g/mol. The van der Waals surface area contributed by atoms with E-state index < -0.39 is 12.2 Å². The fourth-order valence-electron chi connectivity index (χ4n) is 5.90. The SMILES string of the molecule is CCC[C@H](O)C[C@@H](O)CC(=O)CCc1ccc(O)c(OC[NH+]2C=C3N=CC(Cc4cccc5c4CC=N[C@@H]5N)=C3C2)c1. The number of phenolic OH excluding ortho intramolecular Hbond substituents is 1. The number of benzene rings is 2. The second-order valence-electron chi connectivity index (χ2n) is 11.4. The first-order valence-corrected chi connectivity index (χ1v) is 14.8. The lowest BCUT2D eigenvalue weighted by Crippen LogP contribution is -3.07. The van der Waals surface area contributed by atoms with Crippen LogP contribution in [0, 0.1) is 0 Å². The number of quaternary nitrogens is 1. The first-order valence-electron chi connectivity index (χ1n) is 14.8. The van der Waals surface area contributed by atoms with E-state index >= 15 is 0 Å². The Morgan fingerprint density at radius 1 is 1.21 bits per heavy atom. The monoisotopic (exact) mass is 573 g/mol. The Labute approximate surface area is 246 Å². The van der Waals surface area contributed by atoms with E-state index in [9.17, 15) is 20.1 Å². The number of aryl methyl sites for hydroxylation is 1. The molecule has 0 aromatic heterocycles. The van der Waals surface area contributed by atoms with E-state index in [2.05, 4.69) is 28.3 Å². The first kappa shape index (κ1) is 29.8. The van der Waals surface area contributed by atoms with Gasteiger partial charge in [0.25, 0.3) is 0 Å². The number of ether oxygens (including phenoxy) is 1. The van der Waals surface area contributed by atoms with Crippen molar-refractivity contribution in [3.05, 3.63) is 81.7 Å². The van der Waals surface area contributed by atoms with Gasteiger partial charge >= 0.3 is 0 Å². The van der Waals surface area contributed by atoms with E-state index in [1.807, 2.05) is 25.4 Å². The van der Waals surface area contributed by atoms with Crippen LogP contribution < -0.4 is 15.4 Å². The number of allylic oxidation sites excluding steroid dienone is 1. The molecule has 0 aliphatic carbocycles. The lowest BCUT2D eigenvalue weighted by atomic mass is 9.91. The molecule has 222 valence electrons. The Morgan fingerprint density at radius 3 is 2.90 bits per heavy atom. The van der Waals surface area contributed by atoms with Gasteiger partial charge in [-0.2, -0.15) is 0 Å². The molecule has 42 heavy (non-hydrogen) atoms. The summed E-state index contributed by atoms with van der Waals surface area (Å²) < 4.78 is 6.02. The lowest BCUT2D eigenvalue weighted by Gasteiger charge is -2.20. The van der Waals surface area contributed by atoms with E-state index in [0.717, 1.165) is 47.5 Å². The maximum atomic E-state index is 12.4. The van der Waals surface area contributed by atoms with Crippen LogP contribution in [0.25, 0.3) is 0 Å². The zero-order valence-electron chi connectivity index (χ0n) is 24.1. The Balaban J connectivity index is 1.14. The number of carbonyl (C=O) groups excluding carboxylic acids is 1. The molecule has 2 aromatic rings. The summed E-state index contributed by atoms with van der Waals surface area (Å²) in [5.41, 5.74) is 14.0. The molecule has 0 spiro atoms. The molecule has 0 radical (unpaired) electrons. The van der Waals surface area contributed by atoms with Crippen LogP contribution in [-0.4, -0.2) is 59.0 Å². The van der Waals surface area contributed by atoms with Crippen molar-refractivity contribution in [1.82, 2.24) is 0 Å². The number of rotatable bonds is 14. The predicted octanol–water partition coefficient (Wildman–Crippen LogP) is 2.48. The van der Waals surface area contributed by atoms with Crippen molar-refractivity contribution in [1.29, 1.82) is 0 Å². The van der Waals surface area contributed by atoms with Crippen LogP contribution in [0.15, 0.2) is 69.4 Å². The molecule has 3 aliphatic rings. The van der Waals surface area contributed by atoms with E-state index in [-0.39, 0.29) is 37.0 Å². The summed E-state index contributed by atoms with van der Waals surface area (Å²) in [5, 5.41) is 30.4. The zero-order valence-corrected chi connectivity index (χ0v) is 24.1. The van der Waals surface area contributed by atoms with Crippen molar-refractivity contribution in [2.45, 2.75) is 76.7 Å². The molecule has 9 nitrogen and oxygen atoms in total. The van der Waals surface area contributed by atoms with Gasteiger partial charge in [-0.25, -0.2) is 0 Å². The molecule has 3 aliphatic heterocycles. The van der Waals surface area contributed by atoms with Crippen LogP contribution in [0.1, 0.15) is 67.4 Å². The molecule has 6 N–H and O–H groups in total. The summed E-state index contributed by atoms with van der Waals surface area (Å²) in [6.45, 7) is 3.04. The number of hydrogen-bond acceptors (Lipinski definition) is 8. The van der Waals surface area contributed by atoms with Crippen LogP contribution >= 0.6 is 0 Å². The number of carbonyl (C=O) groups is 1. The van der Waals surface area contributed by atoms with Crippen molar-refractivity contribution in [3.8, 4) is 11.5 Å². The van der Waals surface area contributed by atoms with Gasteiger partial charge in [0.2, 0.25) is 6.73 Å². The van der Waals surface area contributed by atoms with Gasteiger partial charge in [-0.3, -0.25) is 19.7 Å². The summed E-state index contributed by atoms with van der Waals surface area (Å²) >= 11 is 0. The summed E-state index contributed by atoms with van der Waals surface area (Å²) in [6.07, 6.45) is 8.21. The number of nitrogens with one attached hydrogen (secondary N) is 1. The third kappa shape index (κ3) is 7.22. The Morgan fingerprint density at radius 2 is 2.07 bits per heavy atom. The second kappa shape index (κ2) is 13.6. The number of aliphatic hydroxyl groups excluding tert-OH is 2. The largest absolute Gasteiger partial charge is 0.504 e. The minimum atomic E-state index is -0.833. The topological polar surface area (TPSA) is 142 Å². The second-order valence-corrected chi connectivity index (χ2v) is 11.4. The van der Waals surface area contributed by atoms with Gasteiger partial charge in [-0.1, -0.05) is 37.6 Å². The highest BCUT2D eigenvalue weighted by Gasteiger charge is 2.30. The standard InChI is InChI=1S/C33H40N4O5/c1-2-4-24(38)15-26(40)16-25(39)9-7-21-8-10-31(41)32(13-21)42-20-37-18-29-23(17-36-30(29)19-37)14-22-5-3-6-28-27(22)11-12-35-33(28)34/h3,5-6,8,10,12-13,17,19,24,26,33,38,40-41H,2,4,7,9,11,14-16,18,20,34H2,1H3/p+1/t24-,26+,33-/m0/s1. The number of hydrogen-bond donors (Lipinski definition) is 5. The molecule has 1 unspecified atom stereocenters. The molecule has 5 rings (SSSR count). The highest BCUT2D eigenvalue weighted by atomic mass is 16.5. The number of nitrogens with zero attached hydrogens (tertiary/aromatic N) is 2. The number of aliphatic imine (C=N–C) groups is 2. The third-order valence-corrected chi connectivity index (χ3v) is 8.13. The van der Waals surface area contributed by atoms with Gasteiger partial charge in [0.05, 0.1) is 12.2 Å². The smallest absolute Gasteiger partial charge is 0.227 e. The maximum absolute atomic E-state index is 12.4. The molecule has 0 bridgehead atoms. The molecule has 3 heterocycles. The number of nitrogens with two attached hydrogens (primary N) is 1. The van der Waals surface area contributed by atoms with Crippen molar-refractivity contribution in [2.75, 3.05) is 13.3 Å². The Hall–Kier alpha value is -3.63. The minimum absolute atomic E-state index is 0.0318. The average molecular weight is 574 g/mol. The summed E-state index contributed by atoms with van der Waals surface area (Å²) in [7, 11) is 0. The highest BCUT2D eigenvalue weighted by Crippen LogP contribution is 2.30. The van der Waals surface area contributed by atoms with Crippen LogP contribution in [-0.2, 0) is 24.1 Å². The summed E-state index contributed by atoms with van der Waals surface area (Å²) in [4.78, 5) is 22.5. The highest BCUT2D eigenvalue weighted by molar-refractivity contribution is 5.87. The zero-order chi connectivity index (χ0) is 29.6. The Bertz CT molecular complexity index is 1430. The van der Waals surface area contributed by atoms with E-state index in [1.54, 1.807) is 18.2 Å². The van der Waals surface area contributed by atoms with Gasteiger partial charge < -0.3 is 25.8 Å². The van der Waals surface area contributed by atoms with Crippen LogP contribution in [0.4, 0.5) is 0 Å². The van der Waals surface area contributed by atoms with E-state index in [0.29, 0.717) is 25.3 Å². The van der Waals surface area contributed by atoms with Gasteiger partial charge in [0, 0.05) is 37.3 Å². The molecule has 9 heteroatoms. The molecule has 0 saturated heterocycles. The molecule has 2 aromatic carbocycles. The number of ketones is 1. The quantitative estimate of drug-likeness (QED) is 0.235. The average Bonchev–Trinajstić information content (AvgIpc) is 3.53. The van der Waals surface area contributed by atoms with E-state index in [4.69, 9.17) is 10.5 Å². The number of fused-ring (bicyclic) bond motifs is 2. The molecule has 4 atom stereocenters. The molecule has 0 saturated carbocycles. The fourth-order valence-corrected chi connectivity index (χ4v) is 5.90. The van der Waals surface area contributed by atoms with Crippen LogP contribution in [0.5, 0.6) is 11.5 Å². The Kier molecular flexibility index (Phi) is 9.64. The lowest BCUT2D eigenvalue weighted by molar-refractivity contribution is -0.855. The van der Waals surface area contributed by atoms with Crippen molar-refractivity contribution in [3.63, 3.8) is 0 Å². The third-order valence-electron chi connectivity index (χ3n) is 8.13. The number of aromatic hydroxyl groups is 1. The van der Waals surface area contributed by atoms with E-state index in [1.165, 1.54) is 22.3 Å². The van der Waals surface area contributed by atoms with Crippen molar-refractivity contribution < 1.29 is 29.8 Å². The summed E-state index contributed by atoms with van der Waals surface area (Å²) in [5.74, 6) is 0.362. The number of Topliss-reactive ketones (excluding diaryl/α,β-unsaturated/α-hetero) is 1. The van der Waals surface area contributed by atoms with Gasteiger partial charge in [0.1, 0.15) is 30.4 Å². The minimum Gasteiger partial charge on any atom is -0.504 e. The normalized spacial score (nSPS) is 20.3. The number of phenols is 1. The van der Waals surface area contributed by atoms with Crippen molar-refractivity contribution in [2.24, 2.45) is 15.7 Å². The summed E-state index contributed by atoms with van der Waals surface area (Å²) in [6, 6.07) is 11.4. The van der Waals surface area contributed by atoms with Crippen LogP contribution in [0.2, 0.25) is 0 Å². The molecule has 0 amide bonds. The van der Waals surface area contributed by atoms with Gasteiger partial charge in [0.15, 0.2) is 11.5 Å². The van der Waals surface area contributed by atoms with Crippen molar-refractivity contribution >= 4 is 18.2 Å².